The normalized spacial score (nSPS) is 11.0. The number of non-ortho nitro benzene ring substituents is 1. The summed E-state index contributed by atoms with van der Waals surface area (Å²) in [4.78, 5) is 23.4. The molecule has 7 nitrogen and oxygen atoms in total. The van der Waals surface area contributed by atoms with E-state index in [0.29, 0.717) is 22.6 Å². The summed E-state index contributed by atoms with van der Waals surface area (Å²) in [7, 11) is 0. The quantitative estimate of drug-likeness (QED) is 0.135. The van der Waals surface area contributed by atoms with Gasteiger partial charge in [0.25, 0.3) is 11.6 Å². The molecule has 9 heteroatoms. The number of halogens is 1. The van der Waals surface area contributed by atoms with E-state index in [1.54, 1.807) is 12.1 Å². The van der Waals surface area contributed by atoms with Gasteiger partial charge in [-0.25, -0.2) is 5.43 Å². The van der Waals surface area contributed by atoms with E-state index in [9.17, 15) is 14.9 Å². The van der Waals surface area contributed by atoms with Crippen molar-refractivity contribution >= 4 is 61.8 Å². The van der Waals surface area contributed by atoms with Crippen molar-refractivity contribution in [3.8, 4) is 5.75 Å². The van der Waals surface area contributed by atoms with Crippen LogP contribution in [-0.2, 0) is 6.61 Å². The number of para-hydroxylation sites is 1. The molecule has 0 aliphatic rings. The average molecular weight is 557 g/mol. The highest BCUT2D eigenvalue weighted by molar-refractivity contribution is 14.1. The topological polar surface area (TPSA) is 93.8 Å². The smallest absolute Gasteiger partial charge is 0.281 e. The van der Waals surface area contributed by atoms with Gasteiger partial charge in [-0.2, -0.15) is 5.10 Å². The van der Waals surface area contributed by atoms with Crippen LogP contribution in [-0.4, -0.2) is 17.0 Å². The lowest BCUT2D eigenvalue weighted by Gasteiger charge is -2.09. The lowest BCUT2D eigenvalue weighted by molar-refractivity contribution is -0.384. The number of fused-ring (bicyclic) bond motifs is 1. The van der Waals surface area contributed by atoms with Gasteiger partial charge in [-0.3, -0.25) is 14.9 Å². The van der Waals surface area contributed by atoms with Crippen molar-refractivity contribution in [3.05, 3.63) is 102 Å². The fraction of sp³-hybridized carbons (Fsp3) is 0.0435. The molecule has 0 bridgehead atoms. The highest BCUT2D eigenvalue weighted by atomic mass is 127. The molecule has 160 valence electrons. The van der Waals surface area contributed by atoms with Crippen molar-refractivity contribution < 1.29 is 14.5 Å². The Kier molecular flexibility index (Phi) is 6.76. The largest absolute Gasteiger partial charge is 0.488 e. The molecule has 3 aromatic carbocycles. The van der Waals surface area contributed by atoms with Gasteiger partial charge in [-0.05, 0) is 64.6 Å². The van der Waals surface area contributed by atoms with E-state index < -0.39 is 4.92 Å². The zero-order valence-electron chi connectivity index (χ0n) is 16.5. The van der Waals surface area contributed by atoms with Gasteiger partial charge in [-0.15, -0.1) is 11.3 Å². The lowest BCUT2D eigenvalue weighted by atomic mass is 10.2. The van der Waals surface area contributed by atoms with E-state index in [-0.39, 0.29) is 11.6 Å². The SMILES string of the molecule is O=C(N/N=C\c1ccccc1OCc1ccc(I)cc1)c1cc2cc([N+](=O)[O-])ccc2s1. The molecule has 1 heterocycles. The summed E-state index contributed by atoms with van der Waals surface area (Å²) < 4.78 is 7.87. The number of nitro groups is 1. The van der Waals surface area contributed by atoms with Crippen LogP contribution in [0.15, 0.2) is 77.9 Å². The Morgan fingerprint density at radius 2 is 1.91 bits per heavy atom. The molecule has 0 aliphatic heterocycles. The average Bonchev–Trinajstić information content (AvgIpc) is 3.23. The molecule has 0 saturated carbocycles. The minimum absolute atomic E-state index is 0.0119. The molecule has 32 heavy (non-hydrogen) atoms. The number of amides is 1. The highest BCUT2D eigenvalue weighted by Gasteiger charge is 2.13. The predicted molar refractivity (Wildman–Crippen MR) is 133 cm³/mol. The second kappa shape index (κ2) is 9.88. The van der Waals surface area contributed by atoms with Crippen molar-refractivity contribution in [1.82, 2.24) is 5.43 Å². The summed E-state index contributed by atoms with van der Waals surface area (Å²) in [6, 6.07) is 21.6. The van der Waals surface area contributed by atoms with Crippen molar-refractivity contribution in [2.45, 2.75) is 6.61 Å². The van der Waals surface area contributed by atoms with E-state index in [1.807, 2.05) is 48.5 Å². The molecule has 0 fully saturated rings. The van der Waals surface area contributed by atoms with E-state index in [1.165, 1.54) is 29.7 Å². The van der Waals surface area contributed by atoms with Crippen LogP contribution in [0, 0.1) is 13.7 Å². The maximum Gasteiger partial charge on any atom is 0.281 e. The van der Waals surface area contributed by atoms with Crippen LogP contribution in [0.5, 0.6) is 5.75 Å². The Morgan fingerprint density at radius 3 is 2.69 bits per heavy atom. The van der Waals surface area contributed by atoms with Gasteiger partial charge in [0.2, 0.25) is 0 Å². The molecule has 4 aromatic rings. The van der Waals surface area contributed by atoms with Gasteiger partial charge in [-0.1, -0.05) is 24.3 Å². The monoisotopic (exact) mass is 557 g/mol. The highest BCUT2D eigenvalue weighted by Crippen LogP contribution is 2.29. The number of hydrogen-bond donors (Lipinski definition) is 1. The minimum atomic E-state index is -0.459. The Balaban J connectivity index is 1.42. The van der Waals surface area contributed by atoms with Crippen molar-refractivity contribution in [3.63, 3.8) is 0 Å². The molecule has 4 rings (SSSR count). The van der Waals surface area contributed by atoms with Crippen molar-refractivity contribution in [1.29, 1.82) is 0 Å². The summed E-state index contributed by atoms with van der Waals surface area (Å²) in [6.07, 6.45) is 1.53. The zero-order valence-corrected chi connectivity index (χ0v) is 19.5. The first-order valence-corrected chi connectivity index (χ1v) is 11.4. The van der Waals surface area contributed by atoms with Crippen LogP contribution in [0.1, 0.15) is 20.8 Å². The van der Waals surface area contributed by atoms with Crippen LogP contribution in [0.4, 0.5) is 5.69 Å². The first-order chi connectivity index (χ1) is 15.5. The summed E-state index contributed by atoms with van der Waals surface area (Å²) in [5.74, 6) is 0.264. The maximum atomic E-state index is 12.5. The number of benzene rings is 3. The summed E-state index contributed by atoms with van der Waals surface area (Å²) in [5.41, 5.74) is 4.27. The predicted octanol–water partition coefficient (Wildman–Crippen LogP) is 5.76. The molecular weight excluding hydrogens is 541 g/mol. The third-order valence-electron chi connectivity index (χ3n) is 4.53. The van der Waals surface area contributed by atoms with Gasteiger partial charge in [0.1, 0.15) is 12.4 Å². The van der Waals surface area contributed by atoms with Crippen LogP contribution >= 0.6 is 33.9 Å². The molecule has 0 radical (unpaired) electrons. The second-order valence-corrected chi connectivity index (χ2v) is 9.07. The van der Waals surface area contributed by atoms with Gasteiger partial charge < -0.3 is 4.74 Å². The molecular formula is C23H16IN3O4S. The second-order valence-electron chi connectivity index (χ2n) is 6.74. The number of carbonyl (C=O) groups is 1. The van der Waals surface area contributed by atoms with Crippen LogP contribution in [0.3, 0.4) is 0 Å². The lowest BCUT2D eigenvalue weighted by Crippen LogP contribution is -2.16. The third-order valence-corrected chi connectivity index (χ3v) is 6.36. The summed E-state index contributed by atoms with van der Waals surface area (Å²) in [5, 5.41) is 15.6. The first kappa shape index (κ1) is 21.9. The maximum absolute atomic E-state index is 12.5. The third kappa shape index (κ3) is 5.29. The zero-order chi connectivity index (χ0) is 22.5. The number of nitrogens with one attached hydrogen (secondary N) is 1. The number of ether oxygens (including phenoxy) is 1. The van der Waals surface area contributed by atoms with Crippen molar-refractivity contribution in [2.24, 2.45) is 5.10 Å². The number of nitrogens with zero attached hydrogens (tertiary/aromatic N) is 2. The van der Waals surface area contributed by atoms with E-state index in [0.717, 1.165) is 19.4 Å². The molecule has 0 spiro atoms. The van der Waals surface area contributed by atoms with Gasteiger partial charge in [0, 0.05) is 31.4 Å². The number of thiophene rings is 1. The van der Waals surface area contributed by atoms with E-state index in [2.05, 4.69) is 33.1 Å². The van der Waals surface area contributed by atoms with Crippen LogP contribution in [0.25, 0.3) is 10.1 Å². The number of hydrogen-bond acceptors (Lipinski definition) is 6. The Bertz CT molecular complexity index is 1320. The number of hydrazone groups is 1. The number of nitro benzene ring substituents is 1. The van der Waals surface area contributed by atoms with Gasteiger partial charge in [0.15, 0.2) is 0 Å². The van der Waals surface area contributed by atoms with E-state index >= 15 is 0 Å². The molecule has 1 amide bonds. The molecule has 0 unspecified atom stereocenters. The fourth-order valence-electron chi connectivity index (χ4n) is 2.93. The first-order valence-electron chi connectivity index (χ1n) is 9.47. The van der Waals surface area contributed by atoms with Crippen molar-refractivity contribution in [2.75, 3.05) is 0 Å². The van der Waals surface area contributed by atoms with Gasteiger partial charge in [0.05, 0.1) is 16.0 Å². The van der Waals surface area contributed by atoms with Crippen LogP contribution in [0.2, 0.25) is 0 Å². The molecule has 0 saturated heterocycles. The molecule has 1 aromatic heterocycles. The Labute approximate surface area is 201 Å². The van der Waals surface area contributed by atoms with Gasteiger partial charge >= 0.3 is 0 Å². The summed E-state index contributed by atoms with van der Waals surface area (Å²) in [6.45, 7) is 0.419. The number of rotatable bonds is 7. The summed E-state index contributed by atoms with van der Waals surface area (Å²) >= 11 is 3.50. The standard InChI is InChI=1S/C23H16IN3O4S/c24-18-7-5-15(6-8-18)14-31-20-4-2-1-3-16(20)13-25-26-23(28)22-12-17-11-19(27(29)30)9-10-21(17)32-22/h1-13H,14H2,(H,26,28)/b25-13-. The number of carbonyl (C=O) groups excluding carboxylic acids is 1. The fourth-order valence-corrected chi connectivity index (χ4v) is 4.22. The van der Waals surface area contributed by atoms with Crippen LogP contribution < -0.4 is 10.2 Å². The molecule has 0 aliphatic carbocycles. The Hall–Kier alpha value is -3.31. The molecule has 0 atom stereocenters. The Morgan fingerprint density at radius 1 is 1.12 bits per heavy atom. The van der Waals surface area contributed by atoms with E-state index in [4.69, 9.17) is 4.74 Å². The minimum Gasteiger partial charge on any atom is -0.488 e. The molecule has 1 N–H and O–H groups in total.